The van der Waals surface area contributed by atoms with Gasteiger partial charge >= 0.3 is 5.97 Å². The molecule has 4 heteroatoms. The van der Waals surface area contributed by atoms with Crippen LogP contribution < -0.4 is 10.7 Å². The van der Waals surface area contributed by atoms with Crippen molar-refractivity contribution in [1.82, 2.24) is 0 Å². The summed E-state index contributed by atoms with van der Waals surface area (Å²) in [5.41, 5.74) is 0.366. The first kappa shape index (κ1) is 13.5. The summed E-state index contributed by atoms with van der Waals surface area (Å²) in [6.45, 7) is 2.58. The van der Waals surface area contributed by atoms with Gasteiger partial charge in [-0.1, -0.05) is 38.3 Å². The summed E-state index contributed by atoms with van der Waals surface area (Å²) >= 11 is 0. The van der Waals surface area contributed by atoms with Crippen LogP contribution in [0.1, 0.15) is 43.0 Å². The molecule has 0 amide bonds. The van der Waals surface area contributed by atoms with Crippen molar-refractivity contribution in [2.45, 2.75) is 32.6 Å². The van der Waals surface area contributed by atoms with E-state index in [1.807, 2.05) is 0 Å². The fourth-order valence-electron chi connectivity index (χ4n) is 1.51. The highest BCUT2D eigenvalue weighted by Gasteiger charge is 2.12. The molecule has 94 valence electrons. The molecule has 0 heterocycles. The van der Waals surface area contributed by atoms with Gasteiger partial charge < -0.3 is 9.57 Å². The molecule has 0 aromatic heterocycles. The van der Waals surface area contributed by atoms with Crippen molar-refractivity contribution in [3.05, 3.63) is 29.8 Å². The normalized spacial score (nSPS) is 10.0. The van der Waals surface area contributed by atoms with Crippen molar-refractivity contribution in [1.29, 1.82) is 0 Å². The van der Waals surface area contributed by atoms with E-state index in [0.29, 0.717) is 17.9 Å². The van der Waals surface area contributed by atoms with Crippen LogP contribution in [-0.2, 0) is 4.74 Å². The zero-order valence-electron chi connectivity index (χ0n) is 10.1. The van der Waals surface area contributed by atoms with Gasteiger partial charge in [0.15, 0.2) is 5.75 Å². The van der Waals surface area contributed by atoms with Gasteiger partial charge in [0.05, 0.1) is 6.61 Å². The first-order valence-electron chi connectivity index (χ1n) is 5.92. The molecule has 1 aromatic rings. The number of hydrogen-bond donors (Lipinski definition) is 1. The highest BCUT2D eigenvalue weighted by atomic mass is 16.6. The largest absolute Gasteiger partial charge is 0.462 e. The number of ether oxygens (including phenoxy) is 1. The molecule has 0 aliphatic carbocycles. The molecule has 0 aliphatic rings. The molecule has 0 bridgehead atoms. The third-order valence-electron chi connectivity index (χ3n) is 2.46. The monoisotopic (exact) mass is 237 g/mol. The Morgan fingerprint density at radius 2 is 2.00 bits per heavy atom. The van der Waals surface area contributed by atoms with Gasteiger partial charge in [-0.3, -0.25) is 0 Å². The molecule has 4 nitrogen and oxygen atoms in total. The molecule has 1 rings (SSSR count). The van der Waals surface area contributed by atoms with Crippen LogP contribution in [0.4, 0.5) is 0 Å². The van der Waals surface area contributed by atoms with Gasteiger partial charge in [0.2, 0.25) is 0 Å². The van der Waals surface area contributed by atoms with E-state index in [2.05, 4.69) is 11.8 Å². The summed E-state index contributed by atoms with van der Waals surface area (Å²) in [4.78, 5) is 16.3. The van der Waals surface area contributed by atoms with Gasteiger partial charge in [0, 0.05) is 0 Å². The van der Waals surface area contributed by atoms with E-state index in [1.54, 1.807) is 24.3 Å². The lowest BCUT2D eigenvalue weighted by molar-refractivity contribution is 0.0493. The van der Waals surface area contributed by atoms with Crippen molar-refractivity contribution < 1.29 is 14.4 Å². The quantitative estimate of drug-likeness (QED) is 0.450. The van der Waals surface area contributed by atoms with Gasteiger partial charge in [-0.2, -0.15) is 5.90 Å². The molecule has 17 heavy (non-hydrogen) atoms. The summed E-state index contributed by atoms with van der Waals surface area (Å²) in [5, 5.41) is 0. The molecule has 0 saturated heterocycles. The standard InChI is InChI=1S/C13H19NO3/c1-2-3-4-7-10-16-13(15)11-8-5-6-9-12(11)17-14/h5-6,8-9H,2-4,7,10,14H2,1H3. The third kappa shape index (κ3) is 4.44. The van der Waals surface area contributed by atoms with Gasteiger partial charge in [-0.05, 0) is 18.6 Å². The zero-order valence-corrected chi connectivity index (χ0v) is 10.1. The lowest BCUT2D eigenvalue weighted by atomic mass is 10.2. The van der Waals surface area contributed by atoms with Crippen molar-refractivity contribution in [3.63, 3.8) is 0 Å². The van der Waals surface area contributed by atoms with E-state index in [1.165, 1.54) is 6.42 Å². The average Bonchev–Trinajstić information content (AvgIpc) is 2.38. The number of nitrogens with two attached hydrogens (primary N) is 1. The molecule has 0 atom stereocenters. The topological polar surface area (TPSA) is 61.5 Å². The first-order chi connectivity index (χ1) is 8.29. The second-order valence-corrected chi connectivity index (χ2v) is 3.81. The fourth-order valence-corrected chi connectivity index (χ4v) is 1.51. The van der Waals surface area contributed by atoms with Crippen LogP contribution >= 0.6 is 0 Å². The number of esters is 1. The summed E-state index contributed by atoms with van der Waals surface area (Å²) in [6.07, 6.45) is 4.31. The summed E-state index contributed by atoms with van der Waals surface area (Å²) in [6, 6.07) is 6.76. The molecule has 0 aliphatic heterocycles. The second kappa shape index (κ2) is 7.68. The number of para-hydroxylation sites is 1. The smallest absolute Gasteiger partial charge is 0.342 e. The number of carbonyl (C=O) groups is 1. The Balaban J connectivity index is 2.41. The van der Waals surface area contributed by atoms with Gasteiger partial charge in [0.1, 0.15) is 5.56 Å². The highest BCUT2D eigenvalue weighted by molar-refractivity contribution is 5.92. The Labute approximate surface area is 102 Å². The number of benzene rings is 1. The van der Waals surface area contributed by atoms with Crippen LogP contribution in [0.25, 0.3) is 0 Å². The Morgan fingerprint density at radius 1 is 1.24 bits per heavy atom. The predicted molar refractivity (Wildman–Crippen MR) is 65.7 cm³/mol. The van der Waals surface area contributed by atoms with Gasteiger partial charge in [0.25, 0.3) is 0 Å². The van der Waals surface area contributed by atoms with E-state index in [9.17, 15) is 4.79 Å². The second-order valence-electron chi connectivity index (χ2n) is 3.81. The third-order valence-corrected chi connectivity index (χ3v) is 2.46. The van der Waals surface area contributed by atoms with Gasteiger partial charge in [-0.25, -0.2) is 4.79 Å². The molecule has 0 radical (unpaired) electrons. The minimum atomic E-state index is -0.387. The maximum Gasteiger partial charge on any atom is 0.342 e. The average molecular weight is 237 g/mol. The van der Waals surface area contributed by atoms with E-state index < -0.39 is 0 Å². The van der Waals surface area contributed by atoms with Crippen molar-refractivity contribution in [2.75, 3.05) is 6.61 Å². The molecule has 2 N–H and O–H groups in total. The van der Waals surface area contributed by atoms with E-state index in [0.717, 1.165) is 19.3 Å². The summed E-state index contributed by atoms with van der Waals surface area (Å²) < 4.78 is 5.14. The fraction of sp³-hybridized carbons (Fsp3) is 0.462. The minimum Gasteiger partial charge on any atom is -0.462 e. The molecule has 0 saturated carbocycles. The van der Waals surface area contributed by atoms with Gasteiger partial charge in [-0.15, -0.1) is 0 Å². The molecular formula is C13H19NO3. The molecule has 1 aromatic carbocycles. The highest BCUT2D eigenvalue weighted by Crippen LogP contribution is 2.17. The van der Waals surface area contributed by atoms with Crippen molar-refractivity contribution in [3.8, 4) is 5.75 Å². The van der Waals surface area contributed by atoms with Crippen molar-refractivity contribution >= 4 is 5.97 Å². The molecule has 0 unspecified atom stereocenters. The van der Waals surface area contributed by atoms with Crippen LogP contribution in [-0.4, -0.2) is 12.6 Å². The van der Waals surface area contributed by atoms with Crippen molar-refractivity contribution in [2.24, 2.45) is 5.90 Å². The first-order valence-corrected chi connectivity index (χ1v) is 5.92. The summed E-state index contributed by atoms with van der Waals surface area (Å²) in [5.74, 6) is 5.03. The zero-order chi connectivity index (χ0) is 12.5. The Hall–Kier alpha value is -1.55. The lowest BCUT2D eigenvalue weighted by Crippen LogP contribution is -2.11. The van der Waals surface area contributed by atoms with Crippen LogP contribution in [0.5, 0.6) is 5.75 Å². The van der Waals surface area contributed by atoms with Crippen LogP contribution in [0, 0.1) is 0 Å². The summed E-state index contributed by atoms with van der Waals surface area (Å²) in [7, 11) is 0. The number of unbranched alkanes of at least 4 members (excludes halogenated alkanes) is 3. The minimum absolute atomic E-state index is 0.339. The lowest BCUT2D eigenvalue weighted by Gasteiger charge is -2.07. The maximum atomic E-state index is 11.7. The van der Waals surface area contributed by atoms with Crippen LogP contribution in [0.2, 0.25) is 0 Å². The maximum absolute atomic E-state index is 11.7. The molecular weight excluding hydrogens is 218 g/mol. The molecule has 0 spiro atoms. The predicted octanol–water partition coefficient (Wildman–Crippen LogP) is 2.68. The van der Waals surface area contributed by atoms with E-state index in [-0.39, 0.29) is 5.97 Å². The van der Waals surface area contributed by atoms with Crippen LogP contribution in [0.3, 0.4) is 0 Å². The van der Waals surface area contributed by atoms with E-state index in [4.69, 9.17) is 10.6 Å². The SMILES string of the molecule is CCCCCCOC(=O)c1ccccc1ON. The number of rotatable bonds is 7. The number of carbonyl (C=O) groups excluding carboxylic acids is 1. The number of hydrogen-bond acceptors (Lipinski definition) is 4. The Morgan fingerprint density at radius 3 is 2.71 bits per heavy atom. The van der Waals surface area contributed by atoms with E-state index >= 15 is 0 Å². The molecule has 0 fully saturated rings. The van der Waals surface area contributed by atoms with Crippen LogP contribution in [0.15, 0.2) is 24.3 Å². The Kier molecular flexibility index (Phi) is 6.10. The Bertz CT molecular complexity index is 352.